The number of cyclic esters (lactones) is 2. The second-order valence-corrected chi connectivity index (χ2v) is 6.59. The molecule has 3 heterocycles. The molecule has 12 heteroatoms. The summed E-state index contributed by atoms with van der Waals surface area (Å²) in [5.41, 5.74) is -6.67. The number of rotatable bonds is 1. The van der Waals surface area contributed by atoms with Crippen LogP contribution in [0, 0.1) is 0 Å². The molecule has 3 aromatic rings. The zero-order valence-corrected chi connectivity index (χ0v) is 16.3. The molecule has 0 saturated carbocycles. The van der Waals surface area contributed by atoms with Crippen LogP contribution in [0.1, 0.15) is 38.0 Å². The summed E-state index contributed by atoms with van der Waals surface area (Å²) >= 11 is 0. The Morgan fingerprint density at radius 2 is 1.39 bits per heavy atom. The van der Waals surface area contributed by atoms with Crippen LogP contribution in [-0.2, 0) is 14.3 Å². The van der Waals surface area contributed by atoms with Gasteiger partial charge in [-0.2, -0.15) is 0 Å². The summed E-state index contributed by atoms with van der Waals surface area (Å²) in [7, 11) is 0. The molecule has 2 bridgehead atoms. The van der Waals surface area contributed by atoms with Gasteiger partial charge in [-0.15, -0.1) is 0 Å². The van der Waals surface area contributed by atoms with Gasteiger partial charge in [0.2, 0.25) is 0 Å². The van der Waals surface area contributed by atoms with Crippen LogP contribution in [0.5, 0.6) is 0 Å². The molecule has 164 valence electrons. The number of hydrogen-bond donors (Lipinski definition) is 0. The summed E-state index contributed by atoms with van der Waals surface area (Å²) in [6.45, 7) is 0.955. The smallest absolute Gasteiger partial charge is 0.347 e. The number of esters is 4. The Morgan fingerprint density at radius 3 is 2.09 bits per heavy atom. The molecular formula is C21H8O12. The van der Waals surface area contributed by atoms with E-state index >= 15 is 0 Å². The van der Waals surface area contributed by atoms with Gasteiger partial charge in [-0.05, 0) is 24.3 Å². The van der Waals surface area contributed by atoms with Crippen LogP contribution in [0.2, 0.25) is 0 Å². The van der Waals surface area contributed by atoms with Crippen molar-refractivity contribution in [2.75, 3.05) is 0 Å². The van der Waals surface area contributed by atoms with E-state index in [9.17, 15) is 38.4 Å². The second kappa shape index (κ2) is 7.60. The minimum absolute atomic E-state index is 0.405. The maximum atomic E-state index is 12.4. The molecule has 0 spiro atoms. The molecule has 0 saturated heterocycles. The summed E-state index contributed by atoms with van der Waals surface area (Å²) in [5.74, 6) is -4.75. The van der Waals surface area contributed by atoms with Crippen molar-refractivity contribution in [3.63, 3.8) is 0 Å². The predicted molar refractivity (Wildman–Crippen MR) is 106 cm³/mol. The lowest BCUT2D eigenvalue weighted by Crippen LogP contribution is -2.19. The van der Waals surface area contributed by atoms with Crippen LogP contribution in [0.25, 0.3) is 21.5 Å². The quantitative estimate of drug-likeness (QED) is 0.362. The number of hydrogen-bond acceptors (Lipinski definition) is 12. The first-order chi connectivity index (χ1) is 15.6. The monoisotopic (exact) mass is 452 g/mol. The van der Waals surface area contributed by atoms with E-state index in [1.807, 2.05) is 0 Å². The van der Waals surface area contributed by atoms with Crippen molar-refractivity contribution in [1.82, 2.24) is 0 Å². The van der Waals surface area contributed by atoms with Crippen molar-refractivity contribution in [2.45, 2.75) is 6.92 Å². The fourth-order valence-electron chi connectivity index (χ4n) is 3.18. The van der Waals surface area contributed by atoms with E-state index in [1.165, 1.54) is 0 Å². The van der Waals surface area contributed by atoms with Gasteiger partial charge in [0.05, 0.1) is 38.2 Å². The van der Waals surface area contributed by atoms with E-state index in [1.54, 1.807) is 0 Å². The minimum Gasteiger partial charge on any atom is -0.390 e. The Hall–Kier alpha value is -5.00. The molecule has 2 aromatic heterocycles. The Labute approximate surface area is 179 Å². The van der Waals surface area contributed by atoms with Crippen LogP contribution >= 0.6 is 0 Å². The third-order valence-corrected chi connectivity index (χ3v) is 4.50. The van der Waals surface area contributed by atoms with Crippen LogP contribution in [-0.4, -0.2) is 23.9 Å². The largest absolute Gasteiger partial charge is 0.390 e. The van der Waals surface area contributed by atoms with Crippen LogP contribution in [0.4, 0.5) is 0 Å². The van der Waals surface area contributed by atoms with Gasteiger partial charge in [0.1, 0.15) is 0 Å². The standard InChI is InChI=1S/C21H8O12/c1-7(22)30-15(23)8-3-2-4-10-12(19(27)32-17(10)25)14-13(20(28)33-21(14)29)11-6-9(5-8)16(24)31-18(11)26/h2-6H,1H3. The Bertz CT molecular complexity index is 1720. The molecule has 0 radical (unpaired) electrons. The van der Waals surface area contributed by atoms with E-state index in [-0.39, 0.29) is 0 Å². The zero-order valence-electron chi connectivity index (χ0n) is 16.3. The number of ether oxygens (including phenoxy) is 2. The number of fused-ring (bicyclic) bond motifs is 6. The van der Waals surface area contributed by atoms with Crippen molar-refractivity contribution < 1.29 is 37.5 Å². The molecule has 4 rings (SSSR count). The highest BCUT2D eigenvalue weighted by atomic mass is 16.6. The molecule has 0 atom stereocenters. The molecule has 1 aliphatic heterocycles. The van der Waals surface area contributed by atoms with Gasteiger partial charge in [0.15, 0.2) is 0 Å². The molecule has 0 fully saturated rings. The average Bonchev–Trinajstić information content (AvgIpc) is 3.14. The summed E-state index contributed by atoms with van der Waals surface area (Å²) in [6.07, 6.45) is 0. The molecule has 1 aliphatic rings. The van der Waals surface area contributed by atoms with Crippen LogP contribution < -0.4 is 22.5 Å². The van der Waals surface area contributed by atoms with E-state index in [4.69, 9.17) is 0 Å². The topological polar surface area (TPSA) is 181 Å². The van der Waals surface area contributed by atoms with Crippen LogP contribution in [0.3, 0.4) is 0 Å². The molecular weight excluding hydrogens is 444 g/mol. The SMILES string of the molecule is CC(=O)OC(=O)c1cccc2c(=O)oc(=O)c2c2c(=O)oc(=O)c2c2cc(c1)C(=O)OC2=O. The molecule has 1 aromatic carbocycles. The van der Waals surface area contributed by atoms with Crippen molar-refractivity contribution in [3.05, 3.63) is 88.7 Å². The molecule has 33 heavy (non-hydrogen) atoms. The van der Waals surface area contributed by atoms with Crippen LogP contribution in [0.15, 0.2) is 58.3 Å². The first kappa shape index (κ1) is 21.2. The highest BCUT2D eigenvalue weighted by molar-refractivity contribution is 6.16. The second-order valence-electron chi connectivity index (χ2n) is 6.59. The molecule has 0 N–H and O–H groups in total. The van der Waals surface area contributed by atoms with Gasteiger partial charge in [0.25, 0.3) is 0 Å². The third-order valence-electron chi connectivity index (χ3n) is 4.50. The average molecular weight is 452 g/mol. The summed E-state index contributed by atoms with van der Waals surface area (Å²) < 4.78 is 18.1. The molecule has 0 amide bonds. The lowest BCUT2D eigenvalue weighted by molar-refractivity contribution is -0.135. The van der Waals surface area contributed by atoms with Gasteiger partial charge in [-0.3, -0.25) is 4.79 Å². The van der Waals surface area contributed by atoms with Gasteiger partial charge in [0, 0.05) is 6.92 Å². The van der Waals surface area contributed by atoms with E-state index in [0.29, 0.717) is 0 Å². The Kier molecular flexibility index (Phi) is 4.89. The van der Waals surface area contributed by atoms with Gasteiger partial charge >= 0.3 is 46.4 Å². The lowest BCUT2D eigenvalue weighted by atomic mass is 10.0. The molecule has 0 aliphatic carbocycles. The minimum atomic E-state index is -1.36. The highest BCUT2D eigenvalue weighted by Gasteiger charge is 2.28. The van der Waals surface area contributed by atoms with E-state index in [0.717, 1.165) is 37.3 Å². The Morgan fingerprint density at radius 1 is 0.758 bits per heavy atom. The van der Waals surface area contributed by atoms with Gasteiger partial charge < -0.3 is 18.3 Å². The summed E-state index contributed by atoms with van der Waals surface area (Å²) in [6, 6.07) is 4.78. The highest BCUT2D eigenvalue weighted by Crippen LogP contribution is 2.21. The molecule has 0 unspecified atom stereocenters. The summed E-state index contributed by atoms with van der Waals surface area (Å²) in [5, 5.41) is -2.62. The first-order valence-electron chi connectivity index (χ1n) is 8.91. The van der Waals surface area contributed by atoms with Crippen molar-refractivity contribution in [2.24, 2.45) is 0 Å². The summed E-state index contributed by atoms with van der Waals surface area (Å²) in [4.78, 5) is 97.2. The number of carbonyl (C=O) groups excluding carboxylic acids is 4. The zero-order chi connectivity index (χ0) is 24.0. The van der Waals surface area contributed by atoms with Crippen molar-refractivity contribution in [1.29, 1.82) is 0 Å². The number of furan rings is 2. The predicted octanol–water partition coefficient (Wildman–Crippen LogP) is 0.196. The molecule has 12 nitrogen and oxygen atoms in total. The van der Waals surface area contributed by atoms with Crippen molar-refractivity contribution >= 4 is 45.4 Å². The number of carbonyl (C=O) groups is 4. The van der Waals surface area contributed by atoms with Gasteiger partial charge in [-0.1, -0.05) is 6.07 Å². The maximum absolute atomic E-state index is 12.4. The van der Waals surface area contributed by atoms with Crippen molar-refractivity contribution in [3.8, 4) is 0 Å². The fourth-order valence-corrected chi connectivity index (χ4v) is 3.18. The Balaban J connectivity index is 2.34. The normalized spacial score (nSPS) is 12.3. The fraction of sp³-hybridized carbons (Fsp3) is 0.0476. The van der Waals surface area contributed by atoms with E-state index in [2.05, 4.69) is 18.3 Å². The maximum Gasteiger partial charge on any atom is 0.347 e. The van der Waals surface area contributed by atoms with Gasteiger partial charge in [-0.25, -0.2) is 33.6 Å². The lowest BCUT2D eigenvalue weighted by Gasteiger charge is -2.09. The first-order valence-corrected chi connectivity index (χ1v) is 8.91. The van der Waals surface area contributed by atoms with E-state index < -0.39 is 84.6 Å². The third kappa shape index (κ3) is 3.54.